The Morgan fingerprint density at radius 2 is 1.83 bits per heavy atom. The van der Waals surface area contributed by atoms with Crippen molar-refractivity contribution in [2.45, 2.75) is 6.92 Å². The molecule has 9 heteroatoms. The van der Waals surface area contributed by atoms with Crippen LogP contribution in [-0.2, 0) is 16.6 Å². The molecule has 156 valence electrons. The van der Waals surface area contributed by atoms with Crippen LogP contribution in [0.3, 0.4) is 0 Å². The number of ether oxygens (including phenoxy) is 2. The maximum atomic E-state index is 12.8. The molecular weight excluding hydrogens is 390 g/mol. The highest BCUT2D eigenvalue weighted by atomic mass is 16.5. The van der Waals surface area contributed by atoms with Crippen molar-refractivity contribution < 1.29 is 24.2 Å². The molecule has 1 amide bonds. The Morgan fingerprint density at radius 1 is 1.13 bits per heavy atom. The molecule has 2 aromatic carbocycles. The Balaban J connectivity index is 1.71. The van der Waals surface area contributed by atoms with Crippen LogP contribution < -0.4 is 15.6 Å². The van der Waals surface area contributed by atoms with Crippen molar-refractivity contribution in [1.29, 1.82) is 0 Å². The number of nitrogens with zero attached hydrogens (tertiary/aromatic N) is 2. The molecule has 0 aliphatic heterocycles. The van der Waals surface area contributed by atoms with Crippen molar-refractivity contribution in [2.75, 3.05) is 19.0 Å². The van der Waals surface area contributed by atoms with Gasteiger partial charge in [0.1, 0.15) is 22.7 Å². The zero-order valence-electron chi connectivity index (χ0n) is 16.7. The highest BCUT2D eigenvalue weighted by Gasteiger charge is 2.20. The van der Waals surface area contributed by atoms with Crippen LogP contribution in [0.2, 0.25) is 0 Å². The summed E-state index contributed by atoms with van der Waals surface area (Å²) in [6.07, 6.45) is 0. The molecule has 2 N–H and O–H groups in total. The number of aromatic hydroxyl groups is 1. The minimum absolute atomic E-state index is 0.0923. The number of anilines is 1. The van der Waals surface area contributed by atoms with Crippen molar-refractivity contribution in [2.24, 2.45) is 7.05 Å². The van der Waals surface area contributed by atoms with Gasteiger partial charge >= 0.3 is 5.97 Å². The number of rotatable bonds is 6. The average Bonchev–Trinajstić information content (AvgIpc) is 2.95. The fourth-order valence-electron chi connectivity index (χ4n) is 2.91. The summed E-state index contributed by atoms with van der Waals surface area (Å²) in [4.78, 5) is 37.2. The van der Waals surface area contributed by atoms with Gasteiger partial charge in [0.25, 0.3) is 11.5 Å². The van der Waals surface area contributed by atoms with Crippen LogP contribution in [0.5, 0.6) is 11.5 Å². The van der Waals surface area contributed by atoms with E-state index < -0.39 is 24.0 Å². The van der Waals surface area contributed by atoms with Crippen molar-refractivity contribution in [3.05, 3.63) is 70.1 Å². The van der Waals surface area contributed by atoms with E-state index in [4.69, 9.17) is 9.47 Å². The first kappa shape index (κ1) is 20.7. The van der Waals surface area contributed by atoms with Crippen LogP contribution in [0.25, 0.3) is 5.69 Å². The van der Waals surface area contributed by atoms with Gasteiger partial charge in [0.05, 0.1) is 18.5 Å². The minimum atomic E-state index is -0.878. The molecule has 0 saturated heterocycles. The zero-order valence-corrected chi connectivity index (χ0v) is 16.7. The van der Waals surface area contributed by atoms with Crippen LogP contribution in [0, 0.1) is 6.92 Å². The van der Waals surface area contributed by atoms with E-state index in [1.54, 1.807) is 42.9 Å². The SMILES string of the molecule is COc1ccc(C(=O)OCC(=O)Nc2c(C)n(C)n(-c3ccccc3)c2=O)c(O)c1. The third-order valence-electron chi connectivity index (χ3n) is 4.58. The van der Waals surface area contributed by atoms with Crippen LogP contribution >= 0.6 is 0 Å². The monoisotopic (exact) mass is 411 g/mol. The number of esters is 1. The van der Waals surface area contributed by atoms with Gasteiger partial charge in [0.2, 0.25) is 0 Å². The third-order valence-corrected chi connectivity index (χ3v) is 4.58. The number of carbonyl (C=O) groups excluding carboxylic acids is 2. The molecule has 1 heterocycles. The molecule has 0 unspecified atom stereocenters. The first-order valence-electron chi connectivity index (χ1n) is 9.01. The smallest absolute Gasteiger partial charge is 0.342 e. The first-order chi connectivity index (χ1) is 14.3. The number of methoxy groups -OCH3 is 1. The lowest BCUT2D eigenvalue weighted by atomic mass is 10.2. The molecule has 0 spiro atoms. The molecule has 0 saturated carbocycles. The fraction of sp³-hybridized carbons (Fsp3) is 0.190. The summed E-state index contributed by atoms with van der Waals surface area (Å²) in [5.74, 6) is -1.51. The summed E-state index contributed by atoms with van der Waals surface area (Å²) in [5.41, 5.74) is 0.764. The molecule has 1 aromatic heterocycles. The number of hydrogen-bond acceptors (Lipinski definition) is 6. The van der Waals surface area contributed by atoms with E-state index in [-0.39, 0.29) is 17.0 Å². The Labute approximate surface area is 172 Å². The molecule has 0 radical (unpaired) electrons. The van der Waals surface area contributed by atoms with Crippen LogP contribution in [0.1, 0.15) is 16.1 Å². The number of hydrogen-bond donors (Lipinski definition) is 2. The third kappa shape index (κ3) is 4.04. The summed E-state index contributed by atoms with van der Waals surface area (Å²) in [5, 5.41) is 12.4. The molecule has 3 rings (SSSR count). The summed E-state index contributed by atoms with van der Waals surface area (Å²) >= 11 is 0. The molecule has 0 bridgehead atoms. The fourth-order valence-corrected chi connectivity index (χ4v) is 2.91. The van der Waals surface area contributed by atoms with Gasteiger partial charge in [-0.1, -0.05) is 18.2 Å². The Kier molecular flexibility index (Phi) is 5.91. The summed E-state index contributed by atoms with van der Waals surface area (Å²) < 4.78 is 12.9. The number of phenolic OH excluding ortho intramolecular Hbond substituents is 1. The quantitative estimate of drug-likeness (QED) is 0.600. The van der Waals surface area contributed by atoms with Gasteiger partial charge in [-0.05, 0) is 31.2 Å². The van der Waals surface area contributed by atoms with Crippen molar-refractivity contribution in [3.8, 4) is 17.2 Å². The standard InChI is InChI=1S/C21H21N3O6/c1-13-19(20(27)24(23(13)2)14-7-5-4-6-8-14)22-18(26)12-30-21(28)16-10-9-15(29-3)11-17(16)25/h4-11,25H,12H2,1-3H3,(H,22,26). The normalized spacial score (nSPS) is 10.5. The van der Waals surface area contributed by atoms with Gasteiger partial charge in [-0.15, -0.1) is 0 Å². The lowest BCUT2D eigenvalue weighted by molar-refractivity contribution is -0.119. The van der Waals surface area contributed by atoms with E-state index >= 15 is 0 Å². The molecule has 0 atom stereocenters. The highest BCUT2D eigenvalue weighted by Crippen LogP contribution is 2.24. The molecule has 30 heavy (non-hydrogen) atoms. The number of carbonyl (C=O) groups is 2. The molecule has 3 aromatic rings. The molecular formula is C21H21N3O6. The predicted octanol–water partition coefficient (Wildman–Crippen LogP) is 1.99. The van der Waals surface area contributed by atoms with Gasteiger partial charge in [-0.25, -0.2) is 9.48 Å². The number of benzene rings is 2. The molecule has 9 nitrogen and oxygen atoms in total. The van der Waals surface area contributed by atoms with Crippen molar-refractivity contribution in [3.63, 3.8) is 0 Å². The largest absolute Gasteiger partial charge is 0.507 e. The Morgan fingerprint density at radius 3 is 2.47 bits per heavy atom. The van der Waals surface area contributed by atoms with Crippen molar-refractivity contribution in [1.82, 2.24) is 9.36 Å². The zero-order chi connectivity index (χ0) is 21.8. The van der Waals surface area contributed by atoms with Gasteiger partial charge in [-0.2, -0.15) is 0 Å². The van der Waals surface area contributed by atoms with Crippen LogP contribution in [-0.4, -0.2) is 40.1 Å². The van der Waals surface area contributed by atoms with Crippen molar-refractivity contribution >= 4 is 17.6 Å². The average molecular weight is 411 g/mol. The molecule has 0 aliphatic carbocycles. The number of para-hydroxylation sites is 1. The molecule has 0 aliphatic rings. The Bertz CT molecular complexity index is 1150. The first-order valence-corrected chi connectivity index (χ1v) is 9.01. The minimum Gasteiger partial charge on any atom is -0.507 e. The van der Waals surface area contributed by atoms with E-state index in [0.717, 1.165) is 0 Å². The lowest BCUT2D eigenvalue weighted by Gasteiger charge is -2.08. The number of amides is 1. The second-order valence-electron chi connectivity index (χ2n) is 6.44. The number of aromatic nitrogens is 2. The lowest BCUT2D eigenvalue weighted by Crippen LogP contribution is -2.25. The highest BCUT2D eigenvalue weighted by molar-refractivity contribution is 5.97. The second kappa shape index (κ2) is 8.56. The summed E-state index contributed by atoms with van der Waals surface area (Å²) in [7, 11) is 3.13. The van der Waals surface area contributed by atoms with Gasteiger partial charge in [0.15, 0.2) is 6.61 Å². The maximum absolute atomic E-state index is 12.8. The van der Waals surface area contributed by atoms with E-state index in [1.165, 1.54) is 30.0 Å². The predicted molar refractivity (Wildman–Crippen MR) is 109 cm³/mol. The summed E-state index contributed by atoms with van der Waals surface area (Å²) in [6, 6.07) is 13.1. The summed E-state index contributed by atoms with van der Waals surface area (Å²) in [6.45, 7) is 1.07. The number of nitrogens with one attached hydrogen (secondary N) is 1. The van der Waals surface area contributed by atoms with Crippen LogP contribution in [0.15, 0.2) is 53.3 Å². The Hall–Kier alpha value is -4.01. The second-order valence-corrected chi connectivity index (χ2v) is 6.44. The molecule has 0 fully saturated rings. The maximum Gasteiger partial charge on any atom is 0.342 e. The van der Waals surface area contributed by atoms with Gasteiger partial charge < -0.3 is 19.9 Å². The number of phenols is 1. The van der Waals surface area contributed by atoms with E-state index in [0.29, 0.717) is 17.1 Å². The van der Waals surface area contributed by atoms with Gasteiger partial charge in [0, 0.05) is 13.1 Å². The van der Waals surface area contributed by atoms with E-state index in [9.17, 15) is 19.5 Å². The van der Waals surface area contributed by atoms with Crippen LogP contribution in [0.4, 0.5) is 5.69 Å². The van der Waals surface area contributed by atoms with Gasteiger partial charge in [-0.3, -0.25) is 14.3 Å². The van der Waals surface area contributed by atoms with E-state index in [1.807, 2.05) is 6.07 Å². The van der Waals surface area contributed by atoms with E-state index in [2.05, 4.69) is 5.32 Å². The topological polar surface area (TPSA) is 112 Å².